The van der Waals surface area contributed by atoms with Crippen LogP contribution in [0.5, 0.6) is 5.75 Å². The van der Waals surface area contributed by atoms with E-state index in [1.807, 2.05) is 25.1 Å². The van der Waals surface area contributed by atoms with E-state index < -0.39 is 0 Å². The van der Waals surface area contributed by atoms with Crippen LogP contribution in [0.4, 0.5) is 5.69 Å². The fourth-order valence-electron chi connectivity index (χ4n) is 5.79. The number of fused-ring (bicyclic) bond motifs is 1. The molecule has 3 aliphatic rings. The number of ketones is 1. The summed E-state index contributed by atoms with van der Waals surface area (Å²) < 4.78 is 0. The third kappa shape index (κ3) is 6.16. The molecular weight excluding hydrogens is 494 g/mol. The number of Topliss-reactive ketones (excluding diaryl/α,β-unsaturated/α-hetero) is 1. The van der Waals surface area contributed by atoms with Gasteiger partial charge in [0.15, 0.2) is 5.78 Å². The van der Waals surface area contributed by atoms with Crippen molar-refractivity contribution < 1.29 is 9.90 Å². The highest BCUT2D eigenvalue weighted by molar-refractivity contribution is 6.32. The maximum Gasteiger partial charge on any atom is 0.169 e. The van der Waals surface area contributed by atoms with Gasteiger partial charge in [0.25, 0.3) is 0 Å². The molecule has 0 radical (unpaired) electrons. The fraction of sp³-hybridized carbons (Fsp3) is 0.500. The molecule has 3 aromatic rings. The second-order valence-corrected chi connectivity index (χ2v) is 12.1. The highest BCUT2D eigenvalue weighted by Crippen LogP contribution is 2.39. The lowest BCUT2D eigenvalue weighted by molar-refractivity contribution is 0.0968. The fourth-order valence-corrected chi connectivity index (χ4v) is 6.06. The molecule has 6 rings (SSSR count). The SMILES string of the molecule is CC1CCN(C)C1.Cc1cc(-c2ccc3ncc(C(=O)C4CC4)c(NC4CCCCC4)c3c2)cc(Cl)c1O. The van der Waals surface area contributed by atoms with E-state index in [1.165, 1.54) is 38.8 Å². The number of carbonyl (C=O) groups is 1. The van der Waals surface area contributed by atoms with E-state index in [2.05, 4.69) is 35.2 Å². The van der Waals surface area contributed by atoms with Gasteiger partial charge in [0.2, 0.25) is 0 Å². The van der Waals surface area contributed by atoms with Crippen molar-refractivity contribution in [3.63, 3.8) is 0 Å². The molecule has 0 spiro atoms. The Hall–Kier alpha value is -2.63. The Balaban J connectivity index is 0.000000366. The normalized spacial score (nSPS) is 20.3. The Kier molecular flexibility index (Phi) is 8.25. The standard InChI is InChI=1S/C26H27ClN2O2.C6H13N/c1-15-11-18(13-22(27)25(15)30)17-9-10-23-20(12-17)24(29-19-5-3-2-4-6-19)21(14-28-23)26(31)16-7-8-16;1-6-3-4-7(2)5-6/h9-14,16,19,30H,2-8H2,1H3,(H,28,29);6H,3-5H2,1-2H3. The Labute approximate surface area is 231 Å². The Morgan fingerprint density at radius 3 is 2.42 bits per heavy atom. The van der Waals surface area contributed by atoms with Crippen molar-refractivity contribution in [3.05, 3.63) is 52.7 Å². The number of hydrogen-bond acceptors (Lipinski definition) is 5. The number of aromatic nitrogens is 1. The van der Waals surface area contributed by atoms with Crippen LogP contribution in [-0.2, 0) is 0 Å². The summed E-state index contributed by atoms with van der Waals surface area (Å²) in [4.78, 5) is 20.1. The first-order valence-corrected chi connectivity index (χ1v) is 14.6. The molecule has 1 atom stereocenters. The van der Waals surface area contributed by atoms with Gasteiger partial charge in [0.1, 0.15) is 5.75 Å². The van der Waals surface area contributed by atoms with Gasteiger partial charge < -0.3 is 15.3 Å². The summed E-state index contributed by atoms with van der Waals surface area (Å²) in [6.45, 7) is 6.76. The number of benzene rings is 2. The third-order valence-electron chi connectivity index (χ3n) is 8.25. The van der Waals surface area contributed by atoms with Crippen molar-refractivity contribution in [1.29, 1.82) is 0 Å². The lowest BCUT2D eigenvalue weighted by Gasteiger charge is -2.26. The van der Waals surface area contributed by atoms with Gasteiger partial charge in [0.05, 0.1) is 21.8 Å². The Morgan fingerprint density at radius 2 is 1.82 bits per heavy atom. The summed E-state index contributed by atoms with van der Waals surface area (Å²) in [7, 11) is 2.18. The van der Waals surface area contributed by atoms with Crippen LogP contribution < -0.4 is 5.32 Å². The molecule has 1 saturated heterocycles. The number of halogens is 1. The summed E-state index contributed by atoms with van der Waals surface area (Å²) in [6, 6.07) is 10.2. The number of rotatable bonds is 5. The van der Waals surface area contributed by atoms with E-state index in [4.69, 9.17) is 11.6 Å². The number of anilines is 1. The molecule has 2 heterocycles. The smallest absolute Gasteiger partial charge is 0.169 e. The number of hydrogen-bond donors (Lipinski definition) is 2. The largest absolute Gasteiger partial charge is 0.506 e. The zero-order chi connectivity index (χ0) is 26.8. The molecule has 2 aromatic carbocycles. The average Bonchev–Trinajstić information content (AvgIpc) is 3.70. The number of aromatic hydroxyl groups is 1. The van der Waals surface area contributed by atoms with E-state index in [-0.39, 0.29) is 17.5 Å². The van der Waals surface area contributed by atoms with E-state index >= 15 is 0 Å². The number of carbonyl (C=O) groups excluding carboxylic acids is 1. The molecule has 5 nitrogen and oxygen atoms in total. The van der Waals surface area contributed by atoms with Gasteiger partial charge in [-0.1, -0.05) is 43.9 Å². The van der Waals surface area contributed by atoms with Gasteiger partial charge in [-0.15, -0.1) is 0 Å². The second kappa shape index (κ2) is 11.6. The number of phenols is 1. The molecule has 6 heteroatoms. The Morgan fingerprint density at radius 1 is 1.05 bits per heavy atom. The number of phenolic OH excluding ortho intramolecular Hbond substituents is 1. The van der Waals surface area contributed by atoms with Gasteiger partial charge in [-0.05, 0) is 99.5 Å². The number of nitrogens with zero attached hydrogens (tertiary/aromatic N) is 2. The zero-order valence-electron chi connectivity index (χ0n) is 22.9. The first-order chi connectivity index (χ1) is 18.3. The first-order valence-electron chi connectivity index (χ1n) is 14.2. The maximum absolute atomic E-state index is 13.1. The summed E-state index contributed by atoms with van der Waals surface area (Å²) in [6.07, 6.45) is 11.1. The van der Waals surface area contributed by atoms with Gasteiger partial charge in [-0.25, -0.2) is 0 Å². The predicted molar refractivity (Wildman–Crippen MR) is 157 cm³/mol. The van der Waals surface area contributed by atoms with Crippen LogP contribution in [0.25, 0.3) is 22.0 Å². The third-order valence-corrected chi connectivity index (χ3v) is 8.54. The van der Waals surface area contributed by atoms with E-state index in [9.17, 15) is 9.90 Å². The molecule has 1 unspecified atom stereocenters. The minimum Gasteiger partial charge on any atom is -0.506 e. The van der Waals surface area contributed by atoms with Crippen LogP contribution in [-0.4, -0.2) is 47.0 Å². The van der Waals surface area contributed by atoms with Crippen LogP contribution in [0, 0.1) is 18.8 Å². The Bertz CT molecular complexity index is 1280. The number of likely N-dealkylation sites (tertiary alicyclic amines) is 1. The topological polar surface area (TPSA) is 65.5 Å². The quantitative estimate of drug-likeness (QED) is 0.327. The van der Waals surface area contributed by atoms with E-state index in [0.29, 0.717) is 11.1 Å². The van der Waals surface area contributed by atoms with Crippen LogP contribution >= 0.6 is 11.6 Å². The predicted octanol–water partition coefficient (Wildman–Crippen LogP) is 7.86. The van der Waals surface area contributed by atoms with Crippen molar-refractivity contribution in [1.82, 2.24) is 9.88 Å². The molecule has 202 valence electrons. The maximum atomic E-state index is 13.1. The lowest BCUT2D eigenvalue weighted by Crippen LogP contribution is -2.24. The second-order valence-electron chi connectivity index (χ2n) is 11.7. The zero-order valence-corrected chi connectivity index (χ0v) is 23.7. The number of nitrogens with one attached hydrogen (secondary N) is 1. The van der Waals surface area contributed by atoms with E-state index in [0.717, 1.165) is 70.4 Å². The highest BCUT2D eigenvalue weighted by atomic mass is 35.5. The molecule has 38 heavy (non-hydrogen) atoms. The summed E-state index contributed by atoms with van der Waals surface area (Å²) in [5.41, 5.74) is 5.18. The minimum atomic E-state index is 0.116. The van der Waals surface area contributed by atoms with Gasteiger partial charge in [-0.3, -0.25) is 9.78 Å². The molecule has 1 aromatic heterocycles. The average molecular weight is 534 g/mol. The van der Waals surface area contributed by atoms with Crippen LogP contribution in [0.3, 0.4) is 0 Å². The van der Waals surface area contributed by atoms with Crippen LogP contribution in [0.15, 0.2) is 36.5 Å². The molecule has 0 bridgehead atoms. The summed E-state index contributed by atoms with van der Waals surface area (Å²) in [5.74, 6) is 1.42. The van der Waals surface area contributed by atoms with Crippen LogP contribution in [0.2, 0.25) is 5.02 Å². The van der Waals surface area contributed by atoms with Crippen molar-refractivity contribution in [2.45, 2.75) is 71.3 Å². The number of aryl methyl sites for hydroxylation is 1. The van der Waals surface area contributed by atoms with Gasteiger partial charge in [0, 0.05) is 30.1 Å². The van der Waals surface area contributed by atoms with Crippen molar-refractivity contribution in [2.24, 2.45) is 11.8 Å². The summed E-state index contributed by atoms with van der Waals surface area (Å²) in [5, 5.41) is 15.1. The summed E-state index contributed by atoms with van der Waals surface area (Å²) >= 11 is 6.24. The molecule has 2 aliphatic carbocycles. The molecule has 1 aliphatic heterocycles. The number of pyridine rings is 1. The van der Waals surface area contributed by atoms with Crippen molar-refractivity contribution in [3.8, 4) is 16.9 Å². The molecule has 2 saturated carbocycles. The monoisotopic (exact) mass is 533 g/mol. The van der Waals surface area contributed by atoms with Crippen molar-refractivity contribution in [2.75, 3.05) is 25.5 Å². The molecule has 2 N–H and O–H groups in total. The highest BCUT2D eigenvalue weighted by Gasteiger charge is 2.33. The van der Waals surface area contributed by atoms with Crippen molar-refractivity contribution >= 4 is 34.0 Å². The van der Waals surface area contributed by atoms with E-state index in [1.54, 1.807) is 12.3 Å². The molecule has 3 fully saturated rings. The first kappa shape index (κ1) is 27.0. The van der Waals surface area contributed by atoms with Crippen LogP contribution in [0.1, 0.15) is 74.2 Å². The minimum absolute atomic E-state index is 0.116. The molecular formula is C32H40ClN3O2. The lowest BCUT2D eigenvalue weighted by atomic mass is 9.93. The molecule has 0 amide bonds. The van der Waals surface area contributed by atoms with Gasteiger partial charge in [-0.2, -0.15) is 0 Å². The van der Waals surface area contributed by atoms with Gasteiger partial charge >= 0.3 is 0 Å².